The third-order valence-electron chi connectivity index (χ3n) is 3.71. The summed E-state index contributed by atoms with van der Waals surface area (Å²) in [5, 5.41) is 0. The van der Waals surface area contributed by atoms with E-state index in [1.165, 1.54) is 64.6 Å². The first-order valence-corrected chi connectivity index (χ1v) is 6.59. The van der Waals surface area contributed by atoms with E-state index < -0.39 is 0 Å². The summed E-state index contributed by atoms with van der Waals surface area (Å²) in [6.45, 7) is 8.29. The largest absolute Gasteiger partial charge is 0.304 e. The lowest BCUT2D eigenvalue weighted by Crippen LogP contribution is -2.23. The van der Waals surface area contributed by atoms with Gasteiger partial charge in [-0.1, -0.05) is 52.4 Å². The first-order valence-electron chi connectivity index (χ1n) is 6.59. The zero-order chi connectivity index (χ0) is 10.2. The minimum absolute atomic E-state index is 1.09. The number of nitrogens with zero attached hydrogens (tertiary/aromatic N) is 1. The van der Waals surface area contributed by atoms with E-state index in [0.717, 1.165) is 5.92 Å². The van der Waals surface area contributed by atoms with Crippen LogP contribution in [-0.4, -0.2) is 24.5 Å². The Morgan fingerprint density at radius 3 is 2.21 bits per heavy atom. The van der Waals surface area contributed by atoms with Crippen LogP contribution in [0.15, 0.2) is 0 Å². The molecule has 0 saturated heterocycles. The molecule has 0 unspecified atom stereocenters. The number of hydrogen-bond donors (Lipinski definition) is 0. The van der Waals surface area contributed by atoms with E-state index in [1.807, 2.05) is 0 Å². The molecule has 0 atom stereocenters. The smallest absolute Gasteiger partial charge is 0.00190 e. The van der Waals surface area contributed by atoms with Gasteiger partial charge in [-0.25, -0.2) is 0 Å². The molecule has 1 rings (SSSR count). The van der Waals surface area contributed by atoms with Gasteiger partial charge in [0.15, 0.2) is 0 Å². The molecule has 1 heteroatoms. The van der Waals surface area contributed by atoms with E-state index in [0.29, 0.717) is 0 Å². The molecule has 84 valence electrons. The fraction of sp³-hybridized carbons (Fsp3) is 1.00. The molecule has 0 aromatic heterocycles. The molecule has 0 amide bonds. The summed E-state index contributed by atoms with van der Waals surface area (Å²) >= 11 is 0. The Balaban J connectivity index is 1.92. The minimum Gasteiger partial charge on any atom is -0.304 e. The Morgan fingerprint density at radius 2 is 1.64 bits per heavy atom. The van der Waals surface area contributed by atoms with Crippen molar-refractivity contribution in [3.8, 4) is 0 Å². The van der Waals surface area contributed by atoms with E-state index >= 15 is 0 Å². The summed E-state index contributed by atoms with van der Waals surface area (Å²) in [5.74, 6) is 1.09. The highest BCUT2D eigenvalue weighted by atomic mass is 15.1. The van der Waals surface area contributed by atoms with E-state index in [-0.39, 0.29) is 0 Å². The Labute approximate surface area is 89.9 Å². The maximum atomic E-state index is 2.54. The van der Waals surface area contributed by atoms with Gasteiger partial charge in [0, 0.05) is 0 Å². The maximum Gasteiger partial charge on any atom is -0.00190 e. The average molecular weight is 197 g/mol. The highest BCUT2D eigenvalue weighted by molar-refractivity contribution is 4.67. The molecule has 0 aromatic rings. The summed E-state index contributed by atoms with van der Waals surface area (Å²) in [7, 11) is 0. The topological polar surface area (TPSA) is 3.24 Å². The van der Waals surface area contributed by atoms with Gasteiger partial charge in [-0.15, -0.1) is 0 Å². The molecule has 1 saturated carbocycles. The Hall–Kier alpha value is -0.0400. The molecular weight excluding hydrogens is 170 g/mol. The van der Waals surface area contributed by atoms with Crippen LogP contribution in [0, 0.1) is 5.92 Å². The van der Waals surface area contributed by atoms with Crippen molar-refractivity contribution in [2.24, 2.45) is 5.92 Å². The predicted octanol–water partition coefficient (Wildman–Crippen LogP) is 3.69. The van der Waals surface area contributed by atoms with Crippen LogP contribution >= 0.6 is 0 Å². The lowest BCUT2D eigenvalue weighted by Gasteiger charge is -2.18. The Kier molecular flexibility index (Phi) is 6.25. The molecular formula is C13H27N. The van der Waals surface area contributed by atoms with Gasteiger partial charge in [0.1, 0.15) is 0 Å². The zero-order valence-electron chi connectivity index (χ0n) is 10.1. The molecule has 1 nitrogen and oxygen atoms in total. The van der Waals surface area contributed by atoms with Crippen molar-refractivity contribution >= 4 is 0 Å². The first-order chi connectivity index (χ1) is 6.86. The summed E-state index contributed by atoms with van der Waals surface area (Å²) in [5.41, 5.74) is 0. The van der Waals surface area contributed by atoms with Crippen molar-refractivity contribution in [2.45, 2.75) is 58.8 Å². The van der Waals surface area contributed by atoms with Crippen molar-refractivity contribution in [1.29, 1.82) is 0 Å². The van der Waals surface area contributed by atoms with Crippen LogP contribution in [-0.2, 0) is 0 Å². The molecule has 0 N–H and O–H groups in total. The average Bonchev–Trinajstić information content (AvgIpc) is 2.71. The SMILES string of the molecule is CCN(CC)CCCCC1CCCC1. The van der Waals surface area contributed by atoms with Crippen molar-refractivity contribution in [3.63, 3.8) is 0 Å². The van der Waals surface area contributed by atoms with Crippen molar-refractivity contribution in [2.75, 3.05) is 19.6 Å². The summed E-state index contributed by atoms with van der Waals surface area (Å²) in [6, 6.07) is 0. The molecule has 1 aliphatic carbocycles. The maximum absolute atomic E-state index is 2.54. The van der Waals surface area contributed by atoms with Crippen LogP contribution in [0.3, 0.4) is 0 Å². The van der Waals surface area contributed by atoms with Gasteiger partial charge < -0.3 is 4.90 Å². The molecule has 1 fully saturated rings. The summed E-state index contributed by atoms with van der Waals surface area (Å²) in [6.07, 6.45) is 10.4. The standard InChI is InChI=1S/C13H27N/c1-3-14(4-2)12-8-7-11-13-9-5-6-10-13/h13H,3-12H2,1-2H3. The third kappa shape index (κ3) is 4.45. The van der Waals surface area contributed by atoms with Crippen LogP contribution in [0.4, 0.5) is 0 Å². The third-order valence-corrected chi connectivity index (χ3v) is 3.71. The Bertz CT molecular complexity index is 119. The van der Waals surface area contributed by atoms with Gasteiger partial charge >= 0.3 is 0 Å². The quantitative estimate of drug-likeness (QED) is 0.563. The molecule has 0 bridgehead atoms. The van der Waals surface area contributed by atoms with Crippen molar-refractivity contribution in [3.05, 3.63) is 0 Å². The van der Waals surface area contributed by atoms with Crippen molar-refractivity contribution in [1.82, 2.24) is 4.90 Å². The van der Waals surface area contributed by atoms with E-state index in [1.54, 1.807) is 0 Å². The van der Waals surface area contributed by atoms with E-state index in [4.69, 9.17) is 0 Å². The molecule has 0 heterocycles. The fourth-order valence-corrected chi connectivity index (χ4v) is 2.61. The van der Waals surface area contributed by atoms with Crippen LogP contribution in [0.5, 0.6) is 0 Å². The van der Waals surface area contributed by atoms with Gasteiger partial charge in [0.25, 0.3) is 0 Å². The lowest BCUT2D eigenvalue weighted by atomic mass is 10.0. The number of rotatable bonds is 7. The number of unbranched alkanes of at least 4 members (excludes halogenated alkanes) is 1. The van der Waals surface area contributed by atoms with Crippen LogP contribution in [0.25, 0.3) is 0 Å². The zero-order valence-corrected chi connectivity index (χ0v) is 10.1. The fourth-order valence-electron chi connectivity index (χ4n) is 2.61. The number of hydrogen-bond acceptors (Lipinski definition) is 1. The highest BCUT2D eigenvalue weighted by Gasteiger charge is 2.13. The molecule has 1 aliphatic rings. The van der Waals surface area contributed by atoms with Crippen LogP contribution in [0.2, 0.25) is 0 Å². The van der Waals surface area contributed by atoms with E-state index in [9.17, 15) is 0 Å². The van der Waals surface area contributed by atoms with Crippen LogP contribution < -0.4 is 0 Å². The van der Waals surface area contributed by atoms with Crippen LogP contribution in [0.1, 0.15) is 58.8 Å². The van der Waals surface area contributed by atoms with E-state index in [2.05, 4.69) is 18.7 Å². The first kappa shape index (κ1) is 12.0. The molecule has 14 heavy (non-hydrogen) atoms. The molecule has 0 aromatic carbocycles. The summed E-state index contributed by atoms with van der Waals surface area (Å²) in [4.78, 5) is 2.54. The predicted molar refractivity (Wildman–Crippen MR) is 63.6 cm³/mol. The van der Waals surface area contributed by atoms with Gasteiger partial charge in [-0.2, -0.15) is 0 Å². The second-order valence-electron chi connectivity index (χ2n) is 4.67. The Morgan fingerprint density at radius 1 is 1.00 bits per heavy atom. The summed E-state index contributed by atoms with van der Waals surface area (Å²) < 4.78 is 0. The normalized spacial score (nSPS) is 18.2. The molecule has 0 spiro atoms. The highest BCUT2D eigenvalue weighted by Crippen LogP contribution is 2.28. The molecule has 0 radical (unpaired) electrons. The van der Waals surface area contributed by atoms with Gasteiger partial charge in [-0.05, 0) is 32.0 Å². The molecule has 0 aliphatic heterocycles. The second kappa shape index (κ2) is 7.28. The lowest BCUT2D eigenvalue weighted by molar-refractivity contribution is 0.291. The van der Waals surface area contributed by atoms with Crippen molar-refractivity contribution < 1.29 is 0 Å². The minimum atomic E-state index is 1.09. The monoisotopic (exact) mass is 197 g/mol. The van der Waals surface area contributed by atoms with Gasteiger partial charge in [-0.3, -0.25) is 0 Å². The second-order valence-corrected chi connectivity index (χ2v) is 4.67. The van der Waals surface area contributed by atoms with Gasteiger partial charge in [0.05, 0.1) is 0 Å². The van der Waals surface area contributed by atoms with Gasteiger partial charge in [0.2, 0.25) is 0 Å².